The van der Waals surface area contributed by atoms with Gasteiger partial charge in [-0.05, 0) is 75.0 Å². The van der Waals surface area contributed by atoms with Crippen LogP contribution >= 0.6 is 0 Å². The first-order valence-corrected chi connectivity index (χ1v) is 12.4. The molecule has 31 heavy (non-hydrogen) atoms. The van der Waals surface area contributed by atoms with Gasteiger partial charge in [0.2, 0.25) is 0 Å². The first-order valence-electron chi connectivity index (χ1n) is 12.4. The Morgan fingerprint density at radius 3 is 2.52 bits per heavy atom. The Morgan fingerprint density at radius 2 is 1.87 bits per heavy atom. The van der Waals surface area contributed by atoms with Gasteiger partial charge in [0.1, 0.15) is 5.60 Å². The molecule has 0 aromatic heterocycles. The Labute approximate surface area is 189 Å². The number of hydrogen-bond donors (Lipinski definition) is 3. The third kappa shape index (κ3) is 5.54. The van der Waals surface area contributed by atoms with Crippen molar-refractivity contribution in [2.45, 2.75) is 110 Å². The molecule has 0 aliphatic heterocycles. The van der Waals surface area contributed by atoms with Crippen LogP contribution < -0.4 is 0 Å². The summed E-state index contributed by atoms with van der Waals surface area (Å²) in [5.41, 5.74) is 3.59. The number of rotatable bonds is 5. The first kappa shape index (κ1) is 24.3. The van der Waals surface area contributed by atoms with Crippen molar-refractivity contribution in [3.63, 3.8) is 0 Å². The minimum Gasteiger partial charge on any atom is -0.393 e. The van der Waals surface area contributed by atoms with Crippen molar-refractivity contribution in [1.82, 2.24) is 0 Å². The maximum atomic E-state index is 10.4. The molecule has 0 saturated heterocycles. The summed E-state index contributed by atoms with van der Waals surface area (Å²) in [5.74, 6) is 7.37. The van der Waals surface area contributed by atoms with Crippen molar-refractivity contribution in [2.75, 3.05) is 0 Å². The van der Waals surface area contributed by atoms with Crippen LogP contribution in [0.1, 0.15) is 91.9 Å². The maximum Gasteiger partial charge on any atom is 0.125 e. The summed E-state index contributed by atoms with van der Waals surface area (Å²) in [7, 11) is 0. The van der Waals surface area contributed by atoms with Crippen molar-refractivity contribution in [2.24, 2.45) is 17.3 Å². The quantitative estimate of drug-likeness (QED) is 0.404. The zero-order chi connectivity index (χ0) is 22.6. The number of allylic oxidation sites excluding steroid dienone is 5. The summed E-state index contributed by atoms with van der Waals surface area (Å²) in [5, 5.41) is 30.4. The van der Waals surface area contributed by atoms with Crippen molar-refractivity contribution < 1.29 is 15.3 Å². The van der Waals surface area contributed by atoms with Gasteiger partial charge in [0.05, 0.1) is 12.2 Å². The number of aliphatic hydroxyl groups is 3. The van der Waals surface area contributed by atoms with E-state index < -0.39 is 17.8 Å². The average molecular weight is 427 g/mol. The lowest BCUT2D eigenvalue weighted by atomic mass is 9.62. The molecule has 2 saturated carbocycles. The largest absolute Gasteiger partial charge is 0.393 e. The summed E-state index contributed by atoms with van der Waals surface area (Å²) < 4.78 is 0. The highest BCUT2D eigenvalue weighted by Gasteiger charge is 2.45. The van der Waals surface area contributed by atoms with Crippen LogP contribution in [-0.4, -0.2) is 33.1 Å². The van der Waals surface area contributed by atoms with E-state index >= 15 is 0 Å². The Morgan fingerprint density at radius 1 is 1.19 bits per heavy atom. The van der Waals surface area contributed by atoms with Crippen molar-refractivity contribution in [3.05, 3.63) is 34.9 Å². The minimum absolute atomic E-state index is 0.196. The number of hydrogen-bond acceptors (Lipinski definition) is 3. The minimum atomic E-state index is -0.843. The van der Waals surface area contributed by atoms with Crippen LogP contribution in [0.25, 0.3) is 0 Å². The van der Waals surface area contributed by atoms with Gasteiger partial charge in [0.15, 0.2) is 0 Å². The molecule has 172 valence electrons. The van der Waals surface area contributed by atoms with Gasteiger partial charge in [-0.25, -0.2) is 0 Å². The topological polar surface area (TPSA) is 60.7 Å². The molecule has 5 atom stereocenters. The van der Waals surface area contributed by atoms with E-state index in [1.165, 1.54) is 24.0 Å². The van der Waals surface area contributed by atoms with E-state index in [1.54, 1.807) is 5.57 Å². The molecule has 3 unspecified atom stereocenters. The van der Waals surface area contributed by atoms with Gasteiger partial charge in [-0.15, -0.1) is 0 Å². The summed E-state index contributed by atoms with van der Waals surface area (Å²) >= 11 is 0. The Balaban J connectivity index is 1.71. The molecular weight excluding hydrogens is 384 g/mol. The third-order valence-corrected chi connectivity index (χ3v) is 8.11. The molecule has 0 bridgehead atoms. The van der Waals surface area contributed by atoms with Gasteiger partial charge in [0, 0.05) is 6.42 Å². The van der Waals surface area contributed by atoms with Crippen LogP contribution in [0, 0.1) is 29.1 Å². The van der Waals surface area contributed by atoms with Crippen LogP contribution in [0.2, 0.25) is 0 Å². The van der Waals surface area contributed by atoms with Crippen LogP contribution in [0.5, 0.6) is 0 Å². The molecule has 0 heterocycles. The maximum absolute atomic E-state index is 10.4. The molecule has 3 heteroatoms. The van der Waals surface area contributed by atoms with E-state index in [2.05, 4.69) is 43.9 Å². The van der Waals surface area contributed by atoms with Crippen LogP contribution in [-0.2, 0) is 0 Å². The Kier molecular flexibility index (Phi) is 7.90. The molecular formula is C28H42O3. The summed E-state index contributed by atoms with van der Waals surface area (Å²) in [6.45, 7) is 8.71. The van der Waals surface area contributed by atoms with Crippen molar-refractivity contribution in [3.8, 4) is 11.8 Å². The van der Waals surface area contributed by atoms with Gasteiger partial charge >= 0.3 is 0 Å². The molecule has 0 amide bonds. The predicted molar refractivity (Wildman–Crippen MR) is 127 cm³/mol. The van der Waals surface area contributed by atoms with Crippen LogP contribution in [0.4, 0.5) is 0 Å². The van der Waals surface area contributed by atoms with Crippen LogP contribution in [0.3, 0.4) is 0 Å². The molecule has 0 aromatic carbocycles. The fourth-order valence-electron chi connectivity index (χ4n) is 6.05. The van der Waals surface area contributed by atoms with Gasteiger partial charge in [0.25, 0.3) is 0 Å². The second-order valence-corrected chi connectivity index (χ2v) is 10.4. The molecule has 3 rings (SSSR count). The van der Waals surface area contributed by atoms with E-state index in [-0.39, 0.29) is 5.41 Å². The molecule has 0 aromatic rings. The highest BCUT2D eigenvalue weighted by molar-refractivity contribution is 5.35. The van der Waals surface area contributed by atoms with E-state index in [9.17, 15) is 15.3 Å². The lowest BCUT2D eigenvalue weighted by Crippen LogP contribution is -2.32. The van der Waals surface area contributed by atoms with E-state index in [0.29, 0.717) is 43.9 Å². The summed E-state index contributed by atoms with van der Waals surface area (Å²) in [4.78, 5) is 0. The molecule has 3 nitrogen and oxygen atoms in total. The lowest BCUT2D eigenvalue weighted by molar-refractivity contribution is 0.0609. The molecule has 3 N–H and O–H groups in total. The fourth-order valence-corrected chi connectivity index (χ4v) is 6.05. The standard InChI is InChI=1S/C28H42O3/c1-5-28(31,6-2)16-7-9-20(3)25-13-14-26-22(10-8-15-27(25,26)4)12-11-21-17-23(29)19-24(30)18-21/h11-13,20,23-24,26,29-31H,5-6,8-10,14-15,17-19H2,1-4H3/b21-11-,22-12+/t20?,23?,24-,26?,27-/m1/s1. The zero-order valence-corrected chi connectivity index (χ0v) is 20.0. The average Bonchev–Trinajstić information content (AvgIpc) is 3.09. The van der Waals surface area contributed by atoms with Gasteiger partial charge in [-0.2, -0.15) is 0 Å². The van der Waals surface area contributed by atoms with Gasteiger partial charge < -0.3 is 15.3 Å². The normalized spacial score (nSPS) is 34.8. The monoisotopic (exact) mass is 426 g/mol. The molecule has 3 aliphatic carbocycles. The summed E-state index contributed by atoms with van der Waals surface area (Å²) in [6, 6.07) is 0. The Bertz CT molecular complexity index is 777. The first-order chi connectivity index (χ1) is 14.7. The SMILES string of the molecule is CCC(O)(C#CCC(C)C1=CCC2/C(=C/C=C3/CC(O)C[C@H](O)C3)CCC[C@]12C)CC. The number of fused-ring (bicyclic) bond motifs is 1. The third-order valence-electron chi connectivity index (χ3n) is 8.11. The zero-order valence-electron chi connectivity index (χ0n) is 20.0. The van der Waals surface area contributed by atoms with Crippen molar-refractivity contribution >= 4 is 0 Å². The Hall–Kier alpha value is -1.34. The second kappa shape index (κ2) is 10.1. The smallest absolute Gasteiger partial charge is 0.125 e. The van der Waals surface area contributed by atoms with E-state index in [1.807, 2.05) is 13.8 Å². The highest BCUT2D eigenvalue weighted by atomic mass is 16.3. The molecule has 0 radical (unpaired) electrons. The van der Waals surface area contributed by atoms with E-state index in [4.69, 9.17) is 0 Å². The fraction of sp³-hybridized carbons (Fsp3) is 0.714. The van der Waals surface area contributed by atoms with Crippen LogP contribution in [0.15, 0.2) is 34.9 Å². The van der Waals surface area contributed by atoms with E-state index in [0.717, 1.165) is 19.3 Å². The van der Waals surface area contributed by atoms with Gasteiger partial charge in [-0.3, -0.25) is 0 Å². The molecule has 2 fully saturated rings. The highest BCUT2D eigenvalue weighted by Crippen LogP contribution is 2.56. The van der Waals surface area contributed by atoms with Crippen molar-refractivity contribution in [1.29, 1.82) is 0 Å². The summed E-state index contributed by atoms with van der Waals surface area (Å²) in [6.07, 6.45) is 14.8. The second-order valence-electron chi connectivity index (χ2n) is 10.4. The predicted octanol–water partition coefficient (Wildman–Crippen LogP) is 5.46. The molecule has 0 spiro atoms. The van der Waals surface area contributed by atoms with Gasteiger partial charge in [-0.1, -0.05) is 74.5 Å². The lowest BCUT2D eigenvalue weighted by Gasteiger charge is -2.42. The number of aliphatic hydroxyl groups excluding tert-OH is 2. The molecule has 3 aliphatic rings.